The van der Waals surface area contributed by atoms with E-state index in [0.717, 1.165) is 16.0 Å². The summed E-state index contributed by atoms with van der Waals surface area (Å²) in [5.74, 6) is -1.40. The molecule has 0 fully saturated rings. The van der Waals surface area contributed by atoms with E-state index >= 15 is 0 Å². The predicted molar refractivity (Wildman–Crippen MR) is 180 cm³/mol. The molecule has 3 unspecified atom stereocenters. The van der Waals surface area contributed by atoms with E-state index in [1.54, 1.807) is 47.6 Å². The van der Waals surface area contributed by atoms with Crippen molar-refractivity contribution in [2.75, 3.05) is 18.6 Å². The van der Waals surface area contributed by atoms with Gasteiger partial charge in [0.1, 0.15) is 35.9 Å². The summed E-state index contributed by atoms with van der Waals surface area (Å²) in [5.41, 5.74) is 1.32. The highest BCUT2D eigenvalue weighted by Crippen LogP contribution is 2.27. The summed E-state index contributed by atoms with van der Waals surface area (Å²) in [7, 11) is 0. The van der Waals surface area contributed by atoms with Gasteiger partial charge in [0.15, 0.2) is 0 Å². The monoisotopic (exact) mass is 652 g/mol. The summed E-state index contributed by atoms with van der Waals surface area (Å²) in [5, 5.41) is 15.4. The van der Waals surface area contributed by atoms with Gasteiger partial charge in [-0.15, -0.1) is 0 Å². The average molecular weight is 653 g/mol. The Morgan fingerprint density at radius 3 is 2.09 bits per heavy atom. The molecule has 10 nitrogen and oxygen atoms in total. The van der Waals surface area contributed by atoms with Gasteiger partial charge in [-0.2, -0.15) is 17.0 Å². The van der Waals surface area contributed by atoms with E-state index in [9.17, 15) is 24.4 Å². The number of rotatable bonds is 13. The Hall–Kier alpha value is -4.04. The lowest BCUT2D eigenvalue weighted by Crippen LogP contribution is -2.55. The number of benzene rings is 2. The van der Waals surface area contributed by atoms with Crippen LogP contribution in [0.2, 0.25) is 0 Å². The summed E-state index contributed by atoms with van der Waals surface area (Å²) < 4.78 is 11.1. The van der Waals surface area contributed by atoms with Crippen LogP contribution in [-0.4, -0.2) is 70.6 Å². The standard InChI is InChI=1S/C35H48N4O6S/c1-23-15-16-26(24(2)21-23)29(30(40)37-28(32(42)44-34(3,4)5)22-25-13-11-10-12-14-25)39(19-18-36)31(41)27(17-20-46-9)38-33(43)45-35(6,7)8/h10-16,21,27-29H,17,19-20,22H2,1-9H3,(H,37,40)(H,38,43). The Labute approximate surface area is 277 Å². The minimum Gasteiger partial charge on any atom is -0.458 e. The second-order valence-corrected chi connectivity index (χ2v) is 14.1. The average Bonchev–Trinajstić information content (AvgIpc) is 2.94. The maximum absolute atomic E-state index is 14.4. The predicted octanol–water partition coefficient (Wildman–Crippen LogP) is 5.41. The Bertz CT molecular complexity index is 1390. The van der Waals surface area contributed by atoms with Crippen molar-refractivity contribution < 1.29 is 28.7 Å². The molecule has 0 heterocycles. The third-order valence-corrected chi connectivity index (χ3v) is 7.34. The third kappa shape index (κ3) is 12.4. The minimum absolute atomic E-state index is 0.143. The van der Waals surface area contributed by atoms with Crippen LogP contribution in [0, 0.1) is 25.2 Å². The van der Waals surface area contributed by atoms with Crippen molar-refractivity contribution >= 4 is 35.6 Å². The molecule has 46 heavy (non-hydrogen) atoms. The van der Waals surface area contributed by atoms with Crippen LogP contribution in [0.15, 0.2) is 48.5 Å². The number of nitriles is 1. The van der Waals surface area contributed by atoms with E-state index in [1.807, 2.05) is 68.6 Å². The molecule has 0 aliphatic heterocycles. The summed E-state index contributed by atoms with van der Waals surface area (Å²) in [6.45, 7) is 13.6. The van der Waals surface area contributed by atoms with Crippen LogP contribution in [0.5, 0.6) is 0 Å². The van der Waals surface area contributed by atoms with Crippen molar-refractivity contribution in [2.24, 2.45) is 0 Å². The fraction of sp³-hybridized carbons (Fsp3) is 0.514. The van der Waals surface area contributed by atoms with E-state index in [2.05, 4.69) is 10.6 Å². The van der Waals surface area contributed by atoms with E-state index in [1.165, 1.54) is 11.8 Å². The quantitative estimate of drug-likeness (QED) is 0.216. The lowest BCUT2D eigenvalue weighted by molar-refractivity contribution is -0.159. The molecule has 2 N–H and O–H groups in total. The van der Waals surface area contributed by atoms with Gasteiger partial charge in [0.25, 0.3) is 0 Å². The fourth-order valence-corrected chi connectivity index (χ4v) is 5.24. The van der Waals surface area contributed by atoms with Crippen LogP contribution in [0.1, 0.15) is 76.3 Å². The molecular weight excluding hydrogens is 604 g/mol. The van der Waals surface area contributed by atoms with Gasteiger partial charge in [0.05, 0.1) is 6.07 Å². The fourth-order valence-electron chi connectivity index (χ4n) is 4.77. The van der Waals surface area contributed by atoms with E-state index in [4.69, 9.17) is 9.47 Å². The maximum atomic E-state index is 14.4. The summed E-state index contributed by atoms with van der Waals surface area (Å²) in [6, 6.07) is 13.2. The van der Waals surface area contributed by atoms with E-state index in [0.29, 0.717) is 16.9 Å². The summed E-state index contributed by atoms with van der Waals surface area (Å²) >= 11 is 1.49. The number of alkyl carbamates (subject to hydrolysis) is 1. The SMILES string of the molecule is CSCCC(NC(=O)OC(C)(C)C)C(=O)N(CC#N)C(C(=O)NC(Cc1ccccc1)C(=O)OC(C)(C)C)c1ccc(C)cc1C. The molecule has 2 rings (SSSR count). The van der Waals surface area contributed by atoms with Crippen molar-refractivity contribution in [2.45, 2.75) is 97.6 Å². The number of carbonyl (C=O) groups is 4. The Kier molecular flexibility index (Phi) is 14.1. The molecular formula is C35H48N4O6S. The first-order chi connectivity index (χ1) is 21.5. The molecule has 3 atom stereocenters. The summed E-state index contributed by atoms with van der Waals surface area (Å²) in [4.78, 5) is 56.0. The van der Waals surface area contributed by atoms with Crippen LogP contribution in [0.25, 0.3) is 0 Å². The molecule has 0 bridgehead atoms. The van der Waals surface area contributed by atoms with Crippen molar-refractivity contribution in [1.29, 1.82) is 5.26 Å². The molecule has 0 aromatic heterocycles. The number of nitrogens with one attached hydrogen (secondary N) is 2. The first-order valence-electron chi connectivity index (χ1n) is 15.3. The third-order valence-electron chi connectivity index (χ3n) is 6.69. The normalized spacial score (nSPS) is 13.4. The number of hydrogen-bond donors (Lipinski definition) is 2. The number of carbonyl (C=O) groups excluding carboxylic acids is 4. The van der Waals surface area contributed by atoms with Crippen LogP contribution in [0.3, 0.4) is 0 Å². The smallest absolute Gasteiger partial charge is 0.408 e. The molecule has 0 saturated heterocycles. The van der Waals surface area contributed by atoms with Crippen LogP contribution < -0.4 is 10.6 Å². The Morgan fingerprint density at radius 1 is 0.913 bits per heavy atom. The second-order valence-electron chi connectivity index (χ2n) is 13.2. The molecule has 3 amide bonds. The lowest BCUT2D eigenvalue weighted by atomic mass is 9.95. The number of ether oxygens (including phenoxy) is 2. The van der Waals surface area contributed by atoms with Gasteiger partial charge in [-0.1, -0.05) is 54.1 Å². The number of amides is 3. The zero-order valence-corrected chi connectivity index (χ0v) is 29.2. The second kappa shape index (κ2) is 17.0. The molecule has 0 radical (unpaired) electrons. The Balaban J connectivity index is 2.62. The lowest BCUT2D eigenvalue weighted by Gasteiger charge is -2.34. The van der Waals surface area contributed by atoms with Crippen LogP contribution in [0.4, 0.5) is 4.79 Å². The van der Waals surface area contributed by atoms with Crippen LogP contribution >= 0.6 is 11.8 Å². The number of esters is 1. The van der Waals surface area contributed by atoms with Gasteiger partial charge < -0.3 is 25.0 Å². The van der Waals surface area contributed by atoms with Gasteiger partial charge in [-0.3, -0.25) is 9.59 Å². The van der Waals surface area contributed by atoms with Crippen molar-refractivity contribution in [3.63, 3.8) is 0 Å². The molecule has 2 aromatic rings. The zero-order valence-electron chi connectivity index (χ0n) is 28.4. The molecule has 11 heteroatoms. The highest BCUT2D eigenvalue weighted by Gasteiger charge is 2.39. The van der Waals surface area contributed by atoms with Gasteiger partial charge in [0.2, 0.25) is 11.8 Å². The zero-order chi connectivity index (χ0) is 34.7. The highest BCUT2D eigenvalue weighted by molar-refractivity contribution is 7.98. The topological polar surface area (TPSA) is 138 Å². The largest absolute Gasteiger partial charge is 0.458 e. The minimum atomic E-state index is -1.30. The molecule has 2 aromatic carbocycles. The van der Waals surface area contributed by atoms with E-state index in [-0.39, 0.29) is 12.8 Å². The van der Waals surface area contributed by atoms with Gasteiger partial charge in [0, 0.05) is 6.42 Å². The van der Waals surface area contributed by atoms with E-state index < -0.39 is 59.7 Å². The molecule has 0 aliphatic carbocycles. The van der Waals surface area contributed by atoms with Crippen LogP contribution in [-0.2, 0) is 30.3 Å². The van der Waals surface area contributed by atoms with Gasteiger partial charge >= 0.3 is 12.1 Å². The van der Waals surface area contributed by atoms with Crippen molar-refractivity contribution in [1.82, 2.24) is 15.5 Å². The van der Waals surface area contributed by atoms with Gasteiger partial charge in [-0.25, -0.2) is 9.59 Å². The van der Waals surface area contributed by atoms with Crippen molar-refractivity contribution in [3.8, 4) is 6.07 Å². The maximum Gasteiger partial charge on any atom is 0.408 e. The number of aryl methyl sites for hydroxylation is 2. The first-order valence-corrected chi connectivity index (χ1v) is 16.6. The highest BCUT2D eigenvalue weighted by atomic mass is 32.2. The number of nitrogens with zero attached hydrogens (tertiary/aromatic N) is 2. The summed E-state index contributed by atoms with van der Waals surface area (Å²) in [6.07, 6.45) is 1.46. The molecule has 0 saturated carbocycles. The first kappa shape index (κ1) is 38.1. The molecule has 0 spiro atoms. The molecule has 250 valence electrons. The molecule has 0 aliphatic rings. The van der Waals surface area contributed by atoms with Crippen molar-refractivity contribution in [3.05, 3.63) is 70.8 Å². The Morgan fingerprint density at radius 2 is 1.54 bits per heavy atom. The van der Waals surface area contributed by atoms with Gasteiger partial charge in [-0.05, 0) is 90.5 Å². The number of thioether (sulfide) groups is 1. The number of hydrogen-bond acceptors (Lipinski definition) is 8.